The Morgan fingerprint density at radius 2 is 0.500 bits per heavy atom. The maximum Gasteiger partial charge on any atom is 2.00 e. The van der Waals surface area contributed by atoms with Crippen LogP contribution in [0.3, 0.4) is 0 Å². The SMILES string of the molecule is COCc1cc(C)cc(C=N[C@H](c2ccccc2)[C@H](N=Cc2cc(C)cc(COC)c2[O-])c2ccccc2)c1[O-].COCc1cc(C)cc(C=N[C@H](c2ccccc2)[C@H](N=Cc2cc(C)cc(COC)c2[O-])c2ccccc2)c1[O-].[Ni+2].[Ni+2]. The van der Waals surface area contributed by atoms with Gasteiger partial charge in [-0.25, -0.2) is 0 Å². The topological polar surface area (TPSA) is 179 Å². The Morgan fingerprint density at radius 3 is 0.671 bits per heavy atom. The van der Waals surface area contributed by atoms with Gasteiger partial charge in [0.2, 0.25) is 0 Å². The van der Waals surface area contributed by atoms with Crippen molar-refractivity contribution in [3.63, 3.8) is 0 Å². The molecule has 0 aromatic heterocycles. The van der Waals surface area contributed by atoms with Crippen LogP contribution in [0, 0.1) is 27.7 Å². The van der Waals surface area contributed by atoms with Crippen molar-refractivity contribution in [1.29, 1.82) is 0 Å². The van der Waals surface area contributed by atoms with Crippen LogP contribution in [0.5, 0.6) is 23.0 Å². The Balaban J connectivity index is 0.000000293. The van der Waals surface area contributed by atoms with Crippen molar-refractivity contribution in [2.75, 3.05) is 28.4 Å². The molecule has 0 bridgehead atoms. The molecule has 0 N–H and O–H groups in total. The predicted octanol–water partition coefficient (Wildman–Crippen LogP) is 11.5. The van der Waals surface area contributed by atoms with Gasteiger partial charge in [-0.15, -0.1) is 0 Å². The molecule has 8 aromatic carbocycles. The molecule has 14 heteroatoms. The molecule has 0 aliphatic carbocycles. The average molecular weight is 1190 g/mol. The van der Waals surface area contributed by atoms with Crippen LogP contribution in [0.4, 0.5) is 0 Å². The maximum absolute atomic E-state index is 13.1. The van der Waals surface area contributed by atoms with E-state index in [1.807, 2.05) is 198 Å². The van der Waals surface area contributed by atoms with Gasteiger partial charge in [-0.1, -0.05) is 215 Å². The number of rotatable bonds is 22. The molecule has 82 heavy (non-hydrogen) atoms. The summed E-state index contributed by atoms with van der Waals surface area (Å²) in [5.74, 6) is -0.429. The molecular formula is C68H68N4Ni2O8. The molecule has 0 saturated heterocycles. The molecule has 12 nitrogen and oxygen atoms in total. The molecule has 0 radical (unpaired) electrons. The first-order chi connectivity index (χ1) is 38.8. The van der Waals surface area contributed by atoms with Crippen LogP contribution in [-0.2, 0) is 78.4 Å². The van der Waals surface area contributed by atoms with E-state index in [1.165, 1.54) is 0 Å². The Morgan fingerprint density at radius 1 is 0.317 bits per heavy atom. The van der Waals surface area contributed by atoms with Gasteiger partial charge < -0.3 is 39.4 Å². The number of nitrogens with zero attached hydrogens (tertiary/aromatic N) is 4. The van der Waals surface area contributed by atoms with Crippen molar-refractivity contribution >= 4 is 24.9 Å². The summed E-state index contributed by atoms with van der Waals surface area (Å²) in [6.07, 6.45) is 6.56. The van der Waals surface area contributed by atoms with Gasteiger partial charge in [-0.05, 0) is 94.5 Å². The van der Waals surface area contributed by atoms with Gasteiger partial charge in [0.1, 0.15) is 24.2 Å². The second-order valence-electron chi connectivity index (χ2n) is 19.6. The van der Waals surface area contributed by atoms with Crippen LogP contribution in [0.25, 0.3) is 0 Å². The molecular weight excluding hydrogens is 1120 g/mol. The van der Waals surface area contributed by atoms with E-state index in [0.29, 0.717) is 44.5 Å². The number of methoxy groups -OCH3 is 4. The number of ether oxygens (including phenoxy) is 4. The molecule has 0 spiro atoms. The average Bonchev–Trinajstić information content (AvgIpc) is 3.49. The predicted molar refractivity (Wildman–Crippen MR) is 312 cm³/mol. The van der Waals surface area contributed by atoms with Gasteiger partial charge in [0.15, 0.2) is 0 Å². The van der Waals surface area contributed by atoms with E-state index < -0.39 is 24.2 Å². The van der Waals surface area contributed by atoms with Gasteiger partial charge in [0, 0.05) is 53.3 Å². The Bertz CT molecular complexity index is 2950. The van der Waals surface area contributed by atoms with Gasteiger partial charge >= 0.3 is 33.0 Å². The van der Waals surface area contributed by atoms with Crippen LogP contribution in [0.1, 0.15) is 113 Å². The van der Waals surface area contributed by atoms with E-state index in [1.54, 1.807) is 53.3 Å². The van der Waals surface area contributed by atoms with Gasteiger partial charge in [-0.3, -0.25) is 20.0 Å². The summed E-state index contributed by atoms with van der Waals surface area (Å²) in [7, 11) is 6.29. The molecule has 4 atom stereocenters. The van der Waals surface area contributed by atoms with Crippen LogP contribution in [-0.4, -0.2) is 53.3 Å². The van der Waals surface area contributed by atoms with Crippen molar-refractivity contribution < 1.29 is 72.4 Å². The number of aliphatic imine (C=N–C) groups is 4. The van der Waals surface area contributed by atoms with E-state index in [0.717, 1.165) is 44.5 Å². The Hall–Kier alpha value is -7.53. The summed E-state index contributed by atoms with van der Waals surface area (Å²) in [6, 6.07) is 52.4. The number of aryl methyl sites for hydroxylation is 4. The third-order valence-electron chi connectivity index (χ3n) is 13.2. The van der Waals surface area contributed by atoms with Crippen LogP contribution < -0.4 is 20.4 Å². The number of hydrogen-bond acceptors (Lipinski definition) is 12. The zero-order chi connectivity index (χ0) is 57.0. The molecule has 428 valence electrons. The summed E-state index contributed by atoms with van der Waals surface area (Å²) in [5, 5.41) is 52.5. The normalized spacial score (nSPS) is 12.9. The van der Waals surface area contributed by atoms with Gasteiger partial charge in [0.25, 0.3) is 0 Å². The standard InChI is InChI=1S/2C34H36N2O4.2Ni/c2*1-23-15-27(33(37)29(17-23)21-39-3)19-35-31(25-11-7-5-8-12-25)32(26-13-9-6-10-14-26)36-20-28-16-24(2)18-30(22-40-4)34(28)38;;/h2*5-20,31-32,37-38H,21-22H2,1-4H3;;/q;;2*+2/p-4/t2*31-,32-;;/m11../s1. The minimum absolute atomic E-state index is 0. The fraction of sp³-hybridized carbons (Fsp3) is 0.235. The first-order valence-corrected chi connectivity index (χ1v) is 26.3. The van der Waals surface area contributed by atoms with Crippen molar-refractivity contribution in [3.8, 4) is 23.0 Å². The second kappa shape index (κ2) is 32.8. The summed E-state index contributed by atoms with van der Waals surface area (Å²) >= 11 is 0. The largest absolute Gasteiger partial charge is 2.00 e. The fourth-order valence-electron chi connectivity index (χ4n) is 9.59. The molecule has 0 saturated carbocycles. The summed E-state index contributed by atoms with van der Waals surface area (Å²) in [4.78, 5) is 19.9. The van der Waals surface area contributed by atoms with E-state index in [2.05, 4.69) is 0 Å². The third kappa shape index (κ3) is 17.7. The fourth-order valence-corrected chi connectivity index (χ4v) is 9.59. The Kier molecular flexibility index (Phi) is 26.1. The quantitative estimate of drug-likeness (QED) is 0.0475. The van der Waals surface area contributed by atoms with Crippen molar-refractivity contribution in [2.45, 2.75) is 78.3 Å². The molecule has 8 rings (SSSR count). The van der Waals surface area contributed by atoms with Crippen molar-refractivity contribution in [3.05, 3.63) is 259 Å². The summed E-state index contributed by atoms with van der Waals surface area (Å²) < 4.78 is 20.9. The molecule has 0 amide bonds. The molecule has 0 unspecified atom stereocenters. The first kappa shape index (κ1) is 65.3. The smallest absolute Gasteiger partial charge is 0.872 e. The molecule has 0 heterocycles. The maximum atomic E-state index is 13.1. The first-order valence-electron chi connectivity index (χ1n) is 26.3. The van der Waals surface area contributed by atoms with Crippen molar-refractivity contribution in [2.24, 2.45) is 20.0 Å². The van der Waals surface area contributed by atoms with Gasteiger partial charge in [0.05, 0.1) is 26.4 Å². The summed E-state index contributed by atoms with van der Waals surface area (Å²) in [6.45, 7) is 8.73. The number of hydrogen-bond donors (Lipinski definition) is 0. The van der Waals surface area contributed by atoms with Gasteiger partial charge in [-0.2, -0.15) is 0 Å². The van der Waals surface area contributed by atoms with E-state index >= 15 is 0 Å². The van der Waals surface area contributed by atoms with E-state index in [4.69, 9.17) is 38.9 Å². The molecule has 8 aromatic rings. The van der Waals surface area contributed by atoms with Crippen LogP contribution in [0.15, 0.2) is 190 Å². The van der Waals surface area contributed by atoms with Crippen molar-refractivity contribution in [1.82, 2.24) is 0 Å². The molecule has 0 aliphatic heterocycles. The van der Waals surface area contributed by atoms with Crippen LogP contribution >= 0.6 is 0 Å². The van der Waals surface area contributed by atoms with E-state index in [-0.39, 0.29) is 82.4 Å². The summed E-state index contributed by atoms with van der Waals surface area (Å²) in [5.41, 5.74) is 11.9. The van der Waals surface area contributed by atoms with Crippen LogP contribution in [0.2, 0.25) is 0 Å². The number of benzene rings is 8. The molecule has 0 fully saturated rings. The zero-order valence-electron chi connectivity index (χ0n) is 47.3. The minimum atomic E-state index is -0.455. The molecule has 0 aliphatic rings. The Labute approximate surface area is 502 Å². The second-order valence-corrected chi connectivity index (χ2v) is 19.6. The zero-order valence-corrected chi connectivity index (χ0v) is 49.3. The minimum Gasteiger partial charge on any atom is -0.872 e. The third-order valence-corrected chi connectivity index (χ3v) is 13.2. The monoisotopic (exact) mass is 1180 g/mol. The van der Waals surface area contributed by atoms with E-state index in [9.17, 15) is 20.4 Å².